The summed E-state index contributed by atoms with van der Waals surface area (Å²) in [7, 11) is 4.12. The fourth-order valence-corrected chi connectivity index (χ4v) is 2.93. The Morgan fingerprint density at radius 3 is 2.50 bits per heavy atom. The van der Waals surface area contributed by atoms with Gasteiger partial charge in [0, 0.05) is 24.8 Å². The van der Waals surface area contributed by atoms with Crippen LogP contribution in [0.1, 0.15) is 31.4 Å². The van der Waals surface area contributed by atoms with Gasteiger partial charge in [0.05, 0.1) is 12.2 Å². The van der Waals surface area contributed by atoms with Crippen molar-refractivity contribution in [2.24, 2.45) is 0 Å². The highest BCUT2D eigenvalue weighted by molar-refractivity contribution is 5.50. The molecule has 1 aromatic rings. The van der Waals surface area contributed by atoms with Crippen LogP contribution in [-0.2, 0) is 0 Å². The third kappa shape index (κ3) is 3.51. The summed E-state index contributed by atoms with van der Waals surface area (Å²) in [6.45, 7) is 3.60. The molecule has 4 heteroatoms. The predicted molar refractivity (Wildman–Crippen MR) is 82.0 cm³/mol. The van der Waals surface area contributed by atoms with E-state index >= 15 is 0 Å². The van der Waals surface area contributed by atoms with Gasteiger partial charge in [-0.25, -0.2) is 0 Å². The number of β-amino-alcohol motifs (C(OH)–C–C–N with tert-alkyl or cyclic N) is 1. The number of rotatable bonds is 5. The molecule has 0 aromatic heterocycles. The SMILES string of the molecule is CC[C@@H](O)c1ccc(N2CC(O)CC2CN(C)C)cc1. The fourth-order valence-electron chi connectivity index (χ4n) is 2.93. The van der Waals surface area contributed by atoms with Crippen LogP contribution in [0.3, 0.4) is 0 Å². The van der Waals surface area contributed by atoms with Crippen molar-refractivity contribution in [3.8, 4) is 0 Å². The zero-order valence-electron chi connectivity index (χ0n) is 12.7. The highest BCUT2D eigenvalue weighted by Crippen LogP contribution is 2.28. The lowest BCUT2D eigenvalue weighted by Gasteiger charge is -2.29. The second kappa shape index (κ2) is 6.57. The Balaban J connectivity index is 2.12. The molecule has 1 aliphatic rings. The molecule has 0 amide bonds. The normalized spacial score (nSPS) is 24.4. The van der Waals surface area contributed by atoms with E-state index in [9.17, 15) is 10.2 Å². The molecule has 0 aliphatic carbocycles. The van der Waals surface area contributed by atoms with Crippen LogP contribution >= 0.6 is 0 Å². The summed E-state index contributed by atoms with van der Waals surface area (Å²) in [6.07, 6.45) is 0.911. The van der Waals surface area contributed by atoms with Gasteiger partial charge in [0.15, 0.2) is 0 Å². The smallest absolute Gasteiger partial charge is 0.0787 e. The minimum atomic E-state index is -0.384. The minimum absolute atomic E-state index is 0.249. The van der Waals surface area contributed by atoms with Gasteiger partial charge in [-0.05, 0) is 44.6 Å². The number of aliphatic hydroxyl groups excluding tert-OH is 2. The maximum atomic E-state index is 9.92. The molecule has 2 unspecified atom stereocenters. The molecule has 3 atom stereocenters. The zero-order valence-corrected chi connectivity index (χ0v) is 12.7. The third-order valence-corrected chi connectivity index (χ3v) is 3.96. The molecule has 1 saturated heterocycles. The fraction of sp³-hybridized carbons (Fsp3) is 0.625. The van der Waals surface area contributed by atoms with Gasteiger partial charge in [-0.15, -0.1) is 0 Å². The lowest BCUT2D eigenvalue weighted by Crippen LogP contribution is -2.37. The van der Waals surface area contributed by atoms with E-state index in [0.29, 0.717) is 12.6 Å². The average Bonchev–Trinajstić information content (AvgIpc) is 2.78. The topological polar surface area (TPSA) is 46.9 Å². The van der Waals surface area contributed by atoms with Crippen LogP contribution in [0, 0.1) is 0 Å². The van der Waals surface area contributed by atoms with Crippen molar-refractivity contribution in [2.75, 3.05) is 32.1 Å². The van der Waals surface area contributed by atoms with Crippen LogP contribution in [0.4, 0.5) is 5.69 Å². The molecule has 0 bridgehead atoms. The molecule has 112 valence electrons. The minimum Gasteiger partial charge on any atom is -0.391 e. The molecular formula is C16H26N2O2. The Hall–Kier alpha value is -1.10. The molecule has 0 spiro atoms. The van der Waals surface area contributed by atoms with Crippen LogP contribution in [0.2, 0.25) is 0 Å². The lowest BCUT2D eigenvalue weighted by molar-refractivity contribution is 0.173. The molecular weight excluding hydrogens is 252 g/mol. The van der Waals surface area contributed by atoms with Gasteiger partial charge in [0.2, 0.25) is 0 Å². The summed E-state index contributed by atoms with van der Waals surface area (Å²) in [6, 6.07) is 8.42. The van der Waals surface area contributed by atoms with Gasteiger partial charge < -0.3 is 20.0 Å². The van der Waals surface area contributed by atoms with Gasteiger partial charge in [-0.2, -0.15) is 0 Å². The van der Waals surface area contributed by atoms with Gasteiger partial charge in [-0.1, -0.05) is 19.1 Å². The maximum Gasteiger partial charge on any atom is 0.0787 e. The van der Waals surface area contributed by atoms with Gasteiger partial charge in [-0.3, -0.25) is 0 Å². The molecule has 1 aromatic carbocycles. The second-order valence-corrected chi connectivity index (χ2v) is 5.97. The highest BCUT2D eigenvalue weighted by atomic mass is 16.3. The summed E-state index contributed by atoms with van der Waals surface area (Å²) >= 11 is 0. The van der Waals surface area contributed by atoms with Crippen molar-refractivity contribution >= 4 is 5.69 Å². The average molecular weight is 278 g/mol. The summed E-state index contributed by atoms with van der Waals surface area (Å²) < 4.78 is 0. The van der Waals surface area contributed by atoms with E-state index in [-0.39, 0.29) is 12.2 Å². The number of aliphatic hydroxyl groups is 2. The van der Waals surface area contributed by atoms with Gasteiger partial charge >= 0.3 is 0 Å². The number of likely N-dealkylation sites (N-methyl/N-ethyl adjacent to an activating group) is 1. The van der Waals surface area contributed by atoms with Crippen LogP contribution in [0.5, 0.6) is 0 Å². The van der Waals surface area contributed by atoms with E-state index in [4.69, 9.17) is 0 Å². The maximum absolute atomic E-state index is 9.92. The van der Waals surface area contributed by atoms with Crippen LogP contribution in [-0.4, -0.2) is 54.4 Å². The first-order valence-electron chi connectivity index (χ1n) is 7.38. The Bertz CT molecular complexity index is 419. The zero-order chi connectivity index (χ0) is 14.7. The summed E-state index contributed by atoms with van der Waals surface area (Å²) in [5, 5.41) is 19.8. The molecule has 1 heterocycles. The van der Waals surface area contributed by atoms with E-state index in [1.807, 2.05) is 19.1 Å². The molecule has 4 nitrogen and oxygen atoms in total. The Labute approximate surface area is 121 Å². The van der Waals surface area contributed by atoms with Crippen LogP contribution in [0.15, 0.2) is 24.3 Å². The molecule has 0 saturated carbocycles. The van der Waals surface area contributed by atoms with E-state index < -0.39 is 0 Å². The van der Waals surface area contributed by atoms with Crippen molar-refractivity contribution in [3.05, 3.63) is 29.8 Å². The predicted octanol–water partition coefficient (Wildman–Crippen LogP) is 1.63. The van der Waals surface area contributed by atoms with Crippen molar-refractivity contribution in [1.82, 2.24) is 4.90 Å². The van der Waals surface area contributed by atoms with Crippen molar-refractivity contribution in [2.45, 2.75) is 38.0 Å². The molecule has 20 heavy (non-hydrogen) atoms. The monoisotopic (exact) mass is 278 g/mol. The van der Waals surface area contributed by atoms with E-state index in [1.165, 1.54) is 0 Å². The highest BCUT2D eigenvalue weighted by Gasteiger charge is 2.31. The number of anilines is 1. The van der Waals surface area contributed by atoms with Crippen molar-refractivity contribution in [1.29, 1.82) is 0 Å². The third-order valence-electron chi connectivity index (χ3n) is 3.96. The van der Waals surface area contributed by atoms with Crippen LogP contribution < -0.4 is 4.90 Å². The largest absolute Gasteiger partial charge is 0.391 e. The molecule has 2 rings (SSSR count). The number of hydrogen-bond donors (Lipinski definition) is 2. The first-order valence-corrected chi connectivity index (χ1v) is 7.38. The molecule has 1 fully saturated rings. The quantitative estimate of drug-likeness (QED) is 0.859. The van der Waals surface area contributed by atoms with Crippen molar-refractivity contribution in [3.63, 3.8) is 0 Å². The Morgan fingerprint density at radius 2 is 1.95 bits per heavy atom. The van der Waals surface area contributed by atoms with Gasteiger partial charge in [0.1, 0.15) is 0 Å². The summed E-state index contributed by atoms with van der Waals surface area (Å²) in [4.78, 5) is 4.43. The number of hydrogen-bond acceptors (Lipinski definition) is 4. The number of nitrogens with zero attached hydrogens (tertiary/aromatic N) is 2. The Morgan fingerprint density at radius 1 is 1.30 bits per heavy atom. The van der Waals surface area contributed by atoms with Crippen LogP contribution in [0.25, 0.3) is 0 Å². The van der Waals surface area contributed by atoms with Gasteiger partial charge in [0.25, 0.3) is 0 Å². The second-order valence-electron chi connectivity index (χ2n) is 5.97. The van der Waals surface area contributed by atoms with Crippen molar-refractivity contribution < 1.29 is 10.2 Å². The molecule has 0 radical (unpaired) electrons. The van der Waals surface area contributed by atoms with E-state index in [2.05, 4.69) is 36.0 Å². The first-order chi connectivity index (χ1) is 9.51. The van der Waals surface area contributed by atoms with E-state index in [1.54, 1.807) is 0 Å². The molecule has 2 N–H and O–H groups in total. The summed E-state index contributed by atoms with van der Waals surface area (Å²) in [5.74, 6) is 0. The van der Waals surface area contributed by atoms with E-state index in [0.717, 1.165) is 30.6 Å². The lowest BCUT2D eigenvalue weighted by atomic mass is 10.1. The number of benzene rings is 1. The molecule has 1 aliphatic heterocycles. The Kier molecular flexibility index (Phi) is 5.02. The first kappa shape index (κ1) is 15.3. The standard InChI is InChI=1S/C16H26N2O2/c1-4-16(20)12-5-7-13(8-6-12)18-11-15(19)9-14(18)10-17(2)3/h5-8,14-16,19-20H,4,9-11H2,1-3H3/t14?,15?,16-/m1/s1. The summed E-state index contributed by atoms with van der Waals surface area (Å²) in [5.41, 5.74) is 2.08.